The molecule has 3 saturated carbocycles. The maximum absolute atomic E-state index is 14.9. The summed E-state index contributed by atoms with van der Waals surface area (Å²) < 4.78 is 18.0. The topological polar surface area (TPSA) is 228 Å². The Bertz CT molecular complexity index is 3000. The monoisotopic (exact) mass is 1080 g/mol. The van der Waals surface area contributed by atoms with Crippen LogP contribution in [0.15, 0.2) is 42.6 Å². The van der Waals surface area contributed by atoms with Crippen molar-refractivity contribution in [2.75, 3.05) is 59.4 Å². The minimum Gasteiger partial charge on any atom is -0.422 e. The second kappa shape index (κ2) is 20.2. The summed E-state index contributed by atoms with van der Waals surface area (Å²) in [7, 11) is -3.97. The molecule has 2 unspecified atom stereocenters. The molecule has 390 valence electrons. The number of alkyl halides is 2. The number of halogens is 2. The van der Waals surface area contributed by atoms with Crippen LogP contribution >= 0.6 is 42.6 Å². The van der Waals surface area contributed by atoms with Crippen molar-refractivity contribution in [1.29, 1.82) is 0 Å². The largest absolute Gasteiger partial charge is 0.422 e. The Morgan fingerprint density at radius 3 is 2.10 bits per heavy atom. The zero-order valence-electron chi connectivity index (χ0n) is 41.8. The summed E-state index contributed by atoms with van der Waals surface area (Å²) in [6.45, 7) is 9.12. The van der Waals surface area contributed by atoms with Crippen LogP contribution in [0.2, 0.25) is 0 Å². The Labute approximate surface area is 438 Å². The van der Waals surface area contributed by atoms with Crippen molar-refractivity contribution in [3.05, 3.63) is 59.3 Å². The van der Waals surface area contributed by atoms with E-state index >= 15 is 0 Å². The van der Waals surface area contributed by atoms with Crippen molar-refractivity contribution in [3.63, 3.8) is 0 Å². The number of H-pyrrole nitrogens is 1. The molecule has 1 saturated heterocycles. The summed E-state index contributed by atoms with van der Waals surface area (Å²) in [5.41, 5.74) is 3.28. The number of fused-ring (bicyclic) bond motifs is 6. The van der Waals surface area contributed by atoms with Crippen molar-refractivity contribution in [2.45, 2.75) is 108 Å². The predicted molar refractivity (Wildman–Crippen MR) is 284 cm³/mol. The van der Waals surface area contributed by atoms with E-state index in [1.54, 1.807) is 48.9 Å². The van der Waals surface area contributed by atoms with Gasteiger partial charge in [-0.2, -0.15) is 11.8 Å². The number of amides is 7. The molecule has 0 spiro atoms. The van der Waals surface area contributed by atoms with Crippen molar-refractivity contribution in [3.8, 4) is 5.75 Å². The number of carbonyl (C=O) groups is 7. The molecule has 6 aliphatic rings. The van der Waals surface area contributed by atoms with E-state index in [1.807, 2.05) is 37.4 Å². The Morgan fingerprint density at radius 2 is 1.51 bits per heavy atom. The summed E-state index contributed by atoms with van der Waals surface area (Å²) in [4.78, 5) is 113. The molecule has 1 aromatic heterocycles. The van der Waals surface area contributed by atoms with Gasteiger partial charge in [-0.15, -0.1) is 23.2 Å². The lowest BCUT2D eigenvalue weighted by Gasteiger charge is -2.69. The van der Waals surface area contributed by atoms with Crippen LogP contribution in [-0.2, 0) is 38.1 Å². The van der Waals surface area contributed by atoms with E-state index < -0.39 is 42.3 Å². The third-order valence-corrected chi connectivity index (χ3v) is 17.7. The molecule has 5 N–H and O–H groups in total. The zero-order chi connectivity index (χ0) is 52.5. The second-order valence-corrected chi connectivity index (χ2v) is 24.5. The van der Waals surface area contributed by atoms with Gasteiger partial charge in [-0.25, -0.2) is 4.57 Å². The summed E-state index contributed by atoms with van der Waals surface area (Å²) in [6.07, 6.45) is 6.68. The standard InChI is InChI=1S/C52H62Cl2N7O10PS/c1-27(2)44(58-39(62)14-8-7-11-15-59-40(63)18-38(73-6)48(59)66)47(65)56-29(4)46(64)57-34-16-35-42(33-13-10-9-12-32(33)34)30(19-53)22-60(35)49(67)51-24-52(25-51,26-51)50(68)61-23-31(20-54)43-36(61)17-37(71-72(5,69)70)45-41(43)28(3)21-55-45/h9-10,12-13,16-17,21,27,29-31,38,44,55H,7-8,11,14-15,18-20,22-26H2,1-6H3,(H,56,65)(H,57,64)(H,58,62)(H,69,70)/t29-,30+,31+,38?,44-,51?,52?/m0/s1. The van der Waals surface area contributed by atoms with Crippen LogP contribution in [-0.4, -0.2) is 118 Å². The lowest BCUT2D eigenvalue weighted by molar-refractivity contribution is -0.205. The number of nitrogens with zero attached hydrogens (tertiary/aromatic N) is 3. The molecule has 4 aromatic rings. The third-order valence-electron chi connectivity index (χ3n) is 15.5. The van der Waals surface area contributed by atoms with Crippen LogP contribution in [0.5, 0.6) is 5.75 Å². The average Bonchev–Trinajstić information content (AvgIpc) is 4.07. The van der Waals surface area contributed by atoms with Gasteiger partial charge in [-0.3, -0.25) is 38.5 Å². The van der Waals surface area contributed by atoms with Gasteiger partial charge >= 0.3 is 7.60 Å². The quantitative estimate of drug-likeness (QED) is 0.0265. The van der Waals surface area contributed by atoms with Gasteiger partial charge in [-0.1, -0.05) is 44.5 Å². The number of benzene rings is 3. The molecule has 10 rings (SSSR count). The number of thioether (sulfide) groups is 1. The number of anilines is 3. The fourth-order valence-corrected chi connectivity index (χ4v) is 13.6. The Balaban J connectivity index is 0.858. The van der Waals surface area contributed by atoms with E-state index in [0.29, 0.717) is 80.7 Å². The first-order chi connectivity index (χ1) is 34.6. The first-order valence-corrected chi connectivity index (χ1v) is 29.3. The van der Waals surface area contributed by atoms with Crippen LogP contribution in [0, 0.1) is 23.7 Å². The van der Waals surface area contributed by atoms with Gasteiger partial charge in [0.1, 0.15) is 12.1 Å². The summed E-state index contributed by atoms with van der Waals surface area (Å²) in [6, 6.07) is 9.04. The summed E-state index contributed by atoms with van der Waals surface area (Å²) in [5.74, 6) is -2.01. The van der Waals surface area contributed by atoms with E-state index in [9.17, 15) is 43.0 Å². The van der Waals surface area contributed by atoms with E-state index in [2.05, 4.69) is 20.9 Å². The minimum atomic E-state index is -3.97. The van der Waals surface area contributed by atoms with E-state index in [-0.39, 0.29) is 82.9 Å². The van der Waals surface area contributed by atoms with Crippen molar-refractivity contribution in [1.82, 2.24) is 20.5 Å². The number of aromatic nitrogens is 1. The fraction of sp³-hybridized carbons (Fsp3) is 0.519. The highest BCUT2D eigenvalue weighted by molar-refractivity contribution is 8.00. The number of hydrogen-bond donors (Lipinski definition) is 5. The molecule has 3 aliphatic heterocycles. The molecule has 73 heavy (non-hydrogen) atoms. The SMILES string of the molecule is CSC1CC(=O)N(CCCCCC(=O)N[C@H](C(=O)N[C@@H](C)C(=O)Nc2cc3c(c4ccccc24)[C@H](CCl)CN3C(=O)C23CC(C(=O)N4C[C@@H](CCl)c5c4cc(OP(C)(=O)O)c4[nH]cc(C)c54)(C2)C3)C(C)C)C1=O. The molecule has 4 fully saturated rings. The highest BCUT2D eigenvalue weighted by Crippen LogP contribution is 2.75. The van der Waals surface area contributed by atoms with Crippen molar-refractivity contribution in [2.24, 2.45) is 16.7 Å². The zero-order valence-corrected chi connectivity index (χ0v) is 45.0. The maximum Gasteiger partial charge on any atom is 0.373 e. The predicted octanol–water partition coefficient (Wildman–Crippen LogP) is 7.67. The number of aromatic amines is 1. The lowest BCUT2D eigenvalue weighted by atomic mass is 9.34. The van der Waals surface area contributed by atoms with Gasteiger partial charge in [0.2, 0.25) is 41.4 Å². The van der Waals surface area contributed by atoms with Crippen LogP contribution < -0.4 is 30.3 Å². The molecule has 3 aliphatic carbocycles. The molecule has 0 radical (unpaired) electrons. The van der Waals surface area contributed by atoms with E-state index in [4.69, 9.17) is 27.7 Å². The lowest BCUT2D eigenvalue weighted by Crippen LogP contribution is -2.73. The molecule has 3 aromatic carbocycles. The van der Waals surface area contributed by atoms with Crippen molar-refractivity contribution < 1.29 is 47.5 Å². The number of imide groups is 1. The first kappa shape index (κ1) is 52.7. The van der Waals surface area contributed by atoms with Crippen LogP contribution in [0.25, 0.3) is 21.7 Å². The fourth-order valence-electron chi connectivity index (χ4n) is 12.0. The van der Waals surface area contributed by atoms with Crippen molar-refractivity contribution >= 4 is 123 Å². The first-order valence-electron chi connectivity index (χ1n) is 24.9. The average molecular weight is 1080 g/mol. The molecule has 7 amide bonds. The smallest absolute Gasteiger partial charge is 0.373 e. The number of aryl methyl sites for hydroxylation is 1. The molecule has 6 atom stereocenters. The normalized spacial score (nSPS) is 24.5. The van der Waals surface area contributed by atoms with Crippen LogP contribution in [0.3, 0.4) is 0 Å². The summed E-state index contributed by atoms with van der Waals surface area (Å²) >= 11 is 14.6. The van der Waals surface area contributed by atoms with Gasteiger partial charge in [0.25, 0.3) is 0 Å². The molecular formula is C52H62Cl2N7O10PS. The Hall–Kier alpha value is -5.13. The highest BCUT2D eigenvalue weighted by atomic mass is 35.5. The Morgan fingerprint density at radius 1 is 0.890 bits per heavy atom. The maximum atomic E-state index is 14.9. The van der Waals surface area contributed by atoms with Gasteiger partial charge in [0.05, 0.1) is 33.0 Å². The van der Waals surface area contributed by atoms with E-state index in [1.165, 1.54) is 16.7 Å². The highest BCUT2D eigenvalue weighted by Gasteiger charge is 2.76. The number of nitrogens with one attached hydrogen (secondary N) is 4. The third kappa shape index (κ3) is 9.53. The number of unbranched alkanes of at least 4 members (excludes halogenated alkanes) is 2. The number of rotatable bonds is 19. The van der Waals surface area contributed by atoms with Gasteiger partial charge in [0.15, 0.2) is 5.75 Å². The molecule has 17 nitrogen and oxygen atoms in total. The van der Waals surface area contributed by atoms with E-state index in [0.717, 1.165) is 39.5 Å². The molecule has 21 heteroatoms. The van der Waals surface area contributed by atoms with Gasteiger partial charge in [0, 0.05) is 91.5 Å². The van der Waals surface area contributed by atoms with Crippen LogP contribution in [0.1, 0.15) is 101 Å². The number of likely N-dealkylation sites (tertiary alicyclic amines) is 1. The second-order valence-electron chi connectivity index (χ2n) is 21.1. The molecule has 4 heterocycles. The summed E-state index contributed by atoms with van der Waals surface area (Å²) in [5, 5.41) is 10.6. The number of carbonyl (C=O) groups excluding carboxylic acids is 7. The number of hydrogen-bond acceptors (Lipinski definition) is 10. The molecular weight excluding hydrogens is 1020 g/mol. The Kier molecular flexibility index (Phi) is 14.6. The van der Waals surface area contributed by atoms with Crippen LogP contribution in [0.4, 0.5) is 17.1 Å². The minimum absolute atomic E-state index is 0.118. The van der Waals surface area contributed by atoms with Gasteiger partial charge < -0.3 is 40.2 Å². The molecule has 2 bridgehead atoms. The van der Waals surface area contributed by atoms with Gasteiger partial charge in [-0.05, 0) is 86.3 Å².